The van der Waals surface area contributed by atoms with Gasteiger partial charge < -0.3 is 10.5 Å². The maximum Gasteiger partial charge on any atom is 0.255 e. The van der Waals surface area contributed by atoms with Crippen molar-refractivity contribution >= 4 is 5.91 Å². The summed E-state index contributed by atoms with van der Waals surface area (Å²) in [5.74, 6) is 1.57. The predicted octanol–water partition coefficient (Wildman–Crippen LogP) is 2.03. The fourth-order valence-electron chi connectivity index (χ4n) is 3.23. The summed E-state index contributed by atoms with van der Waals surface area (Å²) < 4.78 is 5.38. The third-order valence-corrected chi connectivity index (χ3v) is 4.49. The van der Waals surface area contributed by atoms with E-state index in [0.717, 1.165) is 44.0 Å². The Balaban J connectivity index is 1.53. The summed E-state index contributed by atoms with van der Waals surface area (Å²) in [6.45, 7) is 4.81. The van der Waals surface area contributed by atoms with Crippen molar-refractivity contribution in [1.82, 2.24) is 14.9 Å². The lowest BCUT2D eigenvalue weighted by Gasteiger charge is -2.31. The fraction of sp³-hybridized carbons (Fsp3) is 0.421. The molecule has 1 fully saturated rings. The van der Waals surface area contributed by atoms with E-state index in [-0.39, 0.29) is 6.61 Å². The molecule has 2 N–H and O–H groups in total. The van der Waals surface area contributed by atoms with Gasteiger partial charge in [0.05, 0.1) is 0 Å². The number of hydrogen-bond donors (Lipinski definition) is 1. The van der Waals surface area contributed by atoms with E-state index in [1.807, 2.05) is 37.4 Å². The van der Waals surface area contributed by atoms with Crippen molar-refractivity contribution in [1.29, 1.82) is 0 Å². The molecule has 0 unspecified atom stereocenters. The number of ether oxygens (including phenoxy) is 1. The number of piperidine rings is 1. The van der Waals surface area contributed by atoms with Crippen molar-refractivity contribution in [2.45, 2.75) is 32.2 Å². The van der Waals surface area contributed by atoms with Crippen LogP contribution in [0.2, 0.25) is 0 Å². The lowest BCUT2D eigenvalue weighted by Crippen LogP contribution is -2.32. The first-order chi connectivity index (χ1) is 12.1. The van der Waals surface area contributed by atoms with E-state index in [9.17, 15) is 4.79 Å². The van der Waals surface area contributed by atoms with Gasteiger partial charge in [0.15, 0.2) is 6.61 Å². The van der Waals surface area contributed by atoms with E-state index < -0.39 is 5.91 Å². The third-order valence-electron chi connectivity index (χ3n) is 4.49. The summed E-state index contributed by atoms with van der Waals surface area (Å²) in [5.41, 5.74) is 7.46. The normalized spacial score (nSPS) is 15.9. The van der Waals surface area contributed by atoms with Crippen LogP contribution in [0, 0.1) is 6.92 Å². The van der Waals surface area contributed by atoms with Gasteiger partial charge in [0.1, 0.15) is 11.6 Å². The summed E-state index contributed by atoms with van der Waals surface area (Å²) in [6.07, 6.45) is 4.06. The Labute approximate surface area is 148 Å². The highest BCUT2D eigenvalue weighted by Gasteiger charge is 2.21. The quantitative estimate of drug-likeness (QED) is 0.870. The predicted molar refractivity (Wildman–Crippen MR) is 95.2 cm³/mol. The summed E-state index contributed by atoms with van der Waals surface area (Å²) in [7, 11) is 0. The molecule has 0 aliphatic carbocycles. The summed E-state index contributed by atoms with van der Waals surface area (Å²) >= 11 is 0. The van der Waals surface area contributed by atoms with Gasteiger partial charge in [0, 0.05) is 24.4 Å². The van der Waals surface area contributed by atoms with Crippen LogP contribution in [0.25, 0.3) is 0 Å². The maximum atomic E-state index is 10.8. The number of aryl methyl sites for hydroxylation is 1. The van der Waals surface area contributed by atoms with E-state index in [2.05, 4.69) is 20.9 Å². The second kappa shape index (κ2) is 8.07. The lowest BCUT2D eigenvalue weighted by atomic mass is 9.93. The van der Waals surface area contributed by atoms with Crippen molar-refractivity contribution in [3.63, 3.8) is 0 Å². The van der Waals surface area contributed by atoms with Crippen LogP contribution in [0.5, 0.6) is 5.75 Å². The lowest BCUT2D eigenvalue weighted by molar-refractivity contribution is -0.119. The van der Waals surface area contributed by atoms with E-state index in [1.165, 1.54) is 5.56 Å². The number of likely N-dealkylation sites (tertiary alicyclic amines) is 1. The van der Waals surface area contributed by atoms with Crippen LogP contribution in [0.4, 0.5) is 0 Å². The van der Waals surface area contributed by atoms with Crippen LogP contribution < -0.4 is 10.5 Å². The molecule has 1 aliphatic heterocycles. The molecule has 1 aromatic heterocycles. The van der Waals surface area contributed by atoms with Gasteiger partial charge in [0.2, 0.25) is 0 Å². The van der Waals surface area contributed by atoms with Gasteiger partial charge in [-0.1, -0.05) is 12.1 Å². The summed E-state index contributed by atoms with van der Waals surface area (Å²) in [6, 6.07) is 9.88. The number of primary amides is 1. The molecule has 0 saturated carbocycles. The Morgan fingerprint density at radius 3 is 2.84 bits per heavy atom. The smallest absolute Gasteiger partial charge is 0.255 e. The van der Waals surface area contributed by atoms with E-state index in [4.69, 9.17) is 10.5 Å². The molecular formula is C19H24N4O2. The second-order valence-corrected chi connectivity index (χ2v) is 6.48. The zero-order valence-corrected chi connectivity index (χ0v) is 14.5. The van der Waals surface area contributed by atoms with Gasteiger partial charge in [-0.25, -0.2) is 9.97 Å². The van der Waals surface area contributed by atoms with Gasteiger partial charge in [-0.05, 0) is 56.6 Å². The van der Waals surface area contributed by atoms with Gasteiger partial charge in [-0.2, -0.15) is 0 Å². The zero-order valence-electron chi connectivity index (χ0n) is 14.5. The molecule has 1 aliphatic rings. The highest BCUT2D eigenvalue weighted by Crippen LogP contribution is 2.27. The van der Waals surface area contributed by atoms with Gasteiger partial charge >= 0.3 is 0 Å². The molecule has 0 bridgehead atoms. The SMILES string of the molecule is Cc1nccc(C2CCN(Cc3cccc(OCC(N)=O)c3)CC2)n1. The fourth-order valence-corrected chi connectivity index (χ4v) is 3.23. The number of amides is 1. The largest absolute Gasteiger partial charge is 0.484 e. The molecule has 2 aromatic rings. The number of nitrogens with two attached hydrogens (primary N) is 1. The second-order valence-electron chi connectivity index (χ2n) is 6.48. The van der Waals surface area contributed by atoms with Gasteiger partial charge in [-0.3, -0.25) is 9.69 Å². The first-order valence-corrected chi connectivity index (χ1v) is 8.62. The Morgan fingerprint density at radius 1 is 1.32 bits per heavy atom. The van der Waals surface area contributed by atoms with Crippen LogP contribution in [0.1, 0.15) is 35.8 Å². The maximum absolute atomic E-state index is 10.8. The molecule has 0 spiro atoms. The molecule has 3 rings (SSSR count). The molecule has 1 aromatic carbocycles. The van der Waals surface area contributed by atoms with Crippen molar-refractivity contribution in [2.24, 2.45) is 5.73 Å². The Kier molecular flexibility index (Phi) is 5.60. The van der Waals surface area contributed by atoms with Crippen molar-refractivity contribution in [3.8, 4) is 5.75 Å². The Bertz CT molecular complexity index is 727. The average Bonchev–Trinajstić information content (AvgIpc) is 2.61. The number of carbonyl (C=O) groups is 1. The van der Waals surface area contributed by atoms with E-state index in [0.29, 0.717) is 11.7 Å². The highest BCUT2D eigenvalue weighted by molar-refractivity contribution is 5.75. The van der Waals surface area contributed by atoms with Crippen molar-refractivity contribution in [3.05, 3.63) is 53.6 Å². The van der Waals surface area contributed by atoms with Crippen LogP contribution >= 0.6 is 0 Å². The van der Waals surface area contributed by atoms with Crippen LogP contribution in [-0.2, 0) is 11.3 Å². The van der Waals surface area contributed by atoms with Gasteiger partial charge in [-0.15, -0.1) is 0 Å². The number of rotatable bonds is 6. The standard InChI is InChI=1S/C19H24N4O2/c1-14-21-8-5-18(22-14)16-6-9-23(10-7-16)12-15-3-2-4-17(11-15)25-13-19(20)24/h2-5,8,11,16H,6-7,9-10,12-13H2,1H3,(H2,20,24). The van der Waals surface area contributed by atoms with Crippen LogP contribution in [-0.4, -0.2) is 40.5 Å². The topological polar surface area (TPSA) is 81.3 Å². The van der Waals surface area contributed by atoms with Crippen LogP contribution in [0.15, 0.2) is 36.5 Å². The van der Waals surface area contributed by atoms with Gasteiger partial charge in [0.25, 0.3) is 5.91 Å². The molecular weight excluding hydrogens is 316 g/mol. The molecule has 6 heteroatoms. The highest BCUT2D eigenvalue weighted by atomic mass is 16.5. The molecule has 25 heavy (non-hydrogen) atoms. The minimum Gasteiger partial charge on any atom is -0.484 e. The number of hydrogen-bond acceptors (Lipinski definition) is 5. The van der Waals surface area contributed by atoms with Crippen LogP contribution in [0.3, 0.4) is 0 Å². The number of aromatic nitrogens is 2. The summed E-state index contributed by atoms with van der Waals surface area (Å²) in [4.78, 5) is 22.0. The molecule has 0 atom stereocenters. The minimum absolute atomic E-state index is 0.0901. The molecule has 1 amide bonds. The Morgan fingerprint density at radius 2 is 2.12 bits per heavy atom. The molecule has 1 saturated heterocycles. The molecule has 6 nitrogen and oxygen atoms in total. The Hall–Kier alpha value is -2.47. The monoisotopic (exact) mass is 340 g/mol. The minimum atomic E-state index is -0.465. The first-order valence-electron chi connectivity index (χ1n) is 8.62. The zero-order chi connectivity index (χ0) is 17.6. The molecule has 132 valence electrons. The first kappa shape index (κ1) is 17.4. The average molecular weight is 340 g/mol. The third kappa shape index (κ3) is 5.00. The number of nitrogens with zero attached hydrogens (tertiary/aromatic N) is 3. The van der Waals surface area contributed by atoms with Crippen molar-refractivity contribution in [2.75, 3.05) is 19.7 Å². The van der Waals surface area contributed by atoms with E-state index in [1.54, 1.807) is 0 Å². The van der Waals surface area contributed by atoms with E-state index >= 15 is 0 Å². The number of benzene rings is 1. The van der Waals surface area contributed by atoms with Crippen molar-refractivity contribution < 1.29 is 9.53 Å². The molecule has 0 radical (unpaired) electrons. The number of carbonyl (C=O) groups excluding carboxylic acids is 1. The summed E-state index contributed by atoms with van der Waals surface area (Å²) in [5, 5.41) is 0. The molecule has 2 heterocycles.